The largest absolute Gasteiger partial charge is 0.493 e. The van der Waals surface area contributed by atoms with Gasteiger partial charge in [0.05, 0.1) is 14.2 Å². The van der Waals surface area contributed by atoms with Crippen LogP contribution in [0, 0.1) is 0 Å². The van der Waals surface area contributed by atoms with E-state index in [1.165, 1.54) is 14.2 Å². The number of unbranched alkanes of at least 4 members (excludes halogenated alkanes) is 1. The van der Waals surface area contributed by atoms with Gasteiger partial charge in [0.2, 0.25) is 0 Å². The first kappa shape index (κ1) is 23.0. The van der Waals surface area contributed by atoms with Gasteiger partial charge in [0.1, 0.15) is 12.1 Å². The average Bonchev–Trinajstić information content (AvgIpc) is 2.94. The Labute approximate surface area is 174 Å². The molecule has 0 unspecified atom stereocenters. The van der Waals surface area contributed by atoms with Crippen molar-refractivity contribution in [2.24, 2.45) is 0 Å². The molecule has 1 aromatic rings. The molecule has 0 bridgehead atoms. The van der Waals surface area contributed by atoms with Crippen LogP contribution in [0.1, 0.15) is 33.1 Å². The summed E-state index contributed by atoms with van der Waals surface area (Å²) in [5, 5.41) is 5.18. The third kappa shape index (κ3) is 5.40. The van der Waals surface area contributed by atoms with Crippen LogP contribution in [-0.4, -0.2) is 61.6 Å². The number of esters is 1. The van der Waals surface area contributed by atoms with Gasteiger partial charge in [-0.05, 0) is 25.5 Å². The van der Waals surface area contributed by atoms with Gasteiger partial charge in [-0.1, -0.05) is 19.8 Å². The first-order valence-corrected chi connectivity index (χ1v) is 9.55. The number of carbonyl (C=O) groups is 4. The highest BCUT2D eigenvalue weighted by Crippen LogP contribution is 2.29. The minimum atomic E-state index is -1.03. The van der Waals surface area contributed by atoms with Crippen molar-refractivity contribution in [1.29, 1.82) is 0 Å². The summed E-state index contributed by atoms with van der Waals surface area (Å²) in [6.07, 6.45) is 2.11. The van der Waals surface area contributed by atoms with Gasteiger partial charge in [0, 0.05) is 11.8 Å². The Morgan fingerprint density at radius 2 is 1.87 bits per heavy atom. The maximum Gasteiger partial charge on any atom is 0.326 e. The number of methoxy groups -OCH3 is 2. The van der Waals surface area contributed by atoms with Gasteiger partial charge in [-0.25, -0.2) is 4.79 Å². The smallest absolute Gasteiger partial charge is 0.326 e. The van der Waals surface area contributed by atoms with Crippen molar-refractivity contribution in [2.45, 2.75) is 38.6 Å². The molecular formula is C20H27N3O7. The molecule has 164 valence electrons. The maximum absolute atomic E-state index is 12.5. The molecule has 0 aromatic heterocycles. The number of imide groups is 1. The van der Waals surface area contributed by atoms with Crippen molar-refractivity contribution < 1.29 is 33.4 Å². The van der Waals surface area contributed by atoms with Gasteiger partial charge in [0.15, 0.2) is 18.1 Å². The molecule has 0 saturated carbocycles. The molecule has 1 aliphatic rings. The summed E-state index contributed by atoms with van der Waals surface area (Å²) in [5.41, 5.74) is -0.604. The average molecular weight is 421 g/mol. The van der Waals surface area contributed by atoms with Crippen LogP contribution in [0.15, 0.2) is 18.2 Å². The predicted octanol–water partition coefficient (Wildman–Crippen LogP) is 1.69. The van der Waals surface area contributed by atoms with E-state index >= 15 is 0 Å². The number of nitrogens with zero attached hydrogens (tertiary/aromatic N) is 1. The molecule has 4 amide bonds. The second-order valence-corrected chi connectivity index (χ2v) is 7.04. The molecule has 1 saturated heterocycles. The topological polar surface area (TPSA) is 123 Å². The van der Waals surface area contributed by atoms with Gasteiger partial charge in [-0.3, -0.25) is 19.3 Å². The molecule has 1 heterocycles. The van der Waals surface area contributed by atoms with E-state index in [2.05, 4.69) is 10.6 Å². The van der Waals surface area contributed by atoms with Crippen molar-refractivity contribution in [2.75, 3.05) is 32.7 Å². The van der Waals surface area contributed by atoms with E-state index in [1.54, 1.807) is 25.1 Å². The highest BCUT2D eigenvalue weighted by Gasteiger charge is 2.47. The van der Waals surface area contributed by atoms with Crippen molar-refractivity contribution in [3.8, 4) is 11.5 Å². The molecule has 1 atom stereocenters. The summed E-state index contributed by atoms with van der Waals surface area (Å²) < 4.78 is 15.2. The number of amides is 4. The van der Waals surface area contributed by atoms with Crippen LogP contribution in [0.25, 0.3) is 0 Å². The van der Waals surface area contributed by atoms with E-state index in [-0.39, 0.29) is 0 Å². The van der Waals surface area contributed by atoms with Crippen LogP contribution < -0.4 is 20.1 Å². The zero-order valence-electron chi connectivity index (χ0n) is 17.6. The summed E-state index contributed by atoms with van der Waals surface area (Å²) in [7, 11) is 2.96. The van der Waals surface area contributed by atoms with Crippen LogP contribution in [0.5, 0.6) is 11.5 Å². The standard InChI is InChI=1S/C20H27N3O7/c1-5-6-9-20(2)18(26)23(19(27)22-20)11-17(25)30-12-16(24)21-13-7-8-14(28-3)15(10-13)29-4/h7-8,10H,5-6,9,11-12H2,1-4H3,(H,21,24)(H,22,27)/t20-/m0/s1. The highest BCUT2D eigenvalue weighted by molar-refractivity contribution is 6.08. The SMILES string of the molecule is CCCC[C@]1(C)NC(=O)N(CC(=O)OCC(=O)Nc2ccc(OC)c(OC)c2)C1=O. The summed E-state index contributed by atoms with van der Waals surface area (Å²) in [4.78, 5) is 49.5. The predicted molar refractivity (Wildman–Crippen MR) is 107 cm³/mol. The highest BCUT2D eigenvalue weighted by atomic mass is 16.5. The molecule has 30 heavy (non-hydrogen) atoms. The van der Waals surface area contributed by atoms with Crippen LogP contribution in [0.4, 0.5) is 10.5 Å². The van der Waals surface area contributed by atoms with Gasteiger partial charge in [-0.15, -0.1) is 0 Å². The van der Waals surface area contributed by atoms with E-state index in [0.29, 0.717) is 23.6 Å². The van der Waals surface area contributed by atoms with Crippen molar-refractivity contribution in [3.05, 3.63) is 18.2 Å². The Morgan fingerprint density at radius 1 is 1.17 bits per heavy atom. The lowest BCUT2D eigenvalue weighted by atomic mass is 9.95. The first-order valence-electron chi connectivity index (χ1n) is 9.55. The number of benzene rings is 1. The Bertz CT molecular complexity index is 827. The normalized spacial score (nSPS) is 18.1. The molecule has 0 radical (unpaired) electrons. The molecule has 1 aliphatic heterocycles. The number of nitrogens with one attached hydrogen (secondary N) is 2. The Hall–Kier alpha value is -3.30. The van der Waals surface area contributed by atoms with E-state index < -0.39 is 42.5 Å². The lowest BCUT2D eigenvalue weighted by Gasteiger charge is -2.21. The summed E-state index contributed by atoms with van der Waals surface area (Å²) >= 11 is 0. The molecule has 1 fully saturated rings. The molecule has 1 aromatic carbocycles. The van der Waals surface area contributed by atoms with Gasteiger partial charge in [0.25, 0.3) is 11.8 Å². The lowest BCUT2D eigenvalue weighted by molar-refractivity contribution is -0.150. The zero-order chi connectivity index (χ0) is 22.3. The lowest BCUT2D eigenvalue weighted by Crippen LogP contribution is -2.44. The summed E-state index contributed by atoms with van der Waals surface area (Å²) in [5.74, 6) is -0.993. The van der Waals surface area contributed by atoms with Crippen LogP contribution in [0.2, 0.25) is 0 Å². The zero-order valence-corrected chi connectivity index (χ0v) is 17.6. The number of carbonyl (C=O) groups excluding carboxylic acids is 4. The fraction of sp³-hybridized carbons (Fsp3) is 0.500. The van der Waals surface area contributed by atoms with Crippen LogP contribution in [-0.2, 0) is 19.1 Å². The number of hydrogen-bond donors (Lipinski definition) is 2. The van der Waals surface area contributed by atoms with Gasteiger partial charge in [-0.2, -0.15) is 0 Å². The molecule has 0 spiro atoms. The summed E-state index contributed by atoms with van der Waals surface area (Å²) in [6, 6.07) is 4.13. The van der Waals surface area contributed by atoms with E-state index in [9.17, 15) is 19.2 Å². The number of hydrogen-bond acceptors (Lipinski definition) is 7. The van der Waals surface area contributed by atoms with E-state index in [1.807, 2.05) is 6.92 Å². The number of rotatable bonds is 10. The second-order valence-electron chi connectivity index (χ2n) is 7.04. The van der Waals surface area contributed by atoms with Crippen LogP contribution in [0.3, 0.4) is 0 Å². The second kappa shape index (κ2) is 9.95. The molecule has 2 rings (SSSR count). The minimum Gasteiger partial charge on any atom is -0.493 e. The molecule has 10 heteroatoms. The van der Waals surface area contributed by atoms with Crippen LogP contribution >= 0.6 is 0 Å². The van der Waals surface area contributed by atoms with Gasteiger partial charge < -0.3 is 24.8 Å². The van der Waals surface area contributed by atoms with Gasteiger partial charge >= 0.3 is 12.0 Å². The van der Waals surface area contributed by atoms with E-state index in [4.69, 9.17) is 14.2 Å². The third-order valence-electron chi connectivity index (χ3n) is 4.69. The number of urea groups is 1. The van der Waals surface area contributed by atoms with E-state index in [0.717, 1.165) is 17.7 Å². The minimum absolute atomic E-state index is 0.425. The fourth-order valence-corrected chi connectivity index (χ4v) is 3.02. The first-order chi connectivity index (χ1) is 14.2. The molecule has 10 nitrogen and oxygen atoms in total. The molecule has 2 N–H and O–H groups in total. The molecular weight excluding hydrogens is 394 g/mol. The van der Waals surface area contributed by atoms with Crippen molar-refractivity contribution in [3.63, 3.8) is 0 Å². The van der Waals surface area contributed by atoms with Crippen molar-refractivity contribution >= 4 is 29.5 Å². The molecule has 0 aliphatic carbocycles. The Balaban J connectivity index is 1.86. The number of ether oxygens (including phenoxy) is 3. The van der Waals surface area contributed by atoms with Crippen molar-refractivity contribution in [1.82, 2.24) is 10.2 Å². The third-order valence-corrected chi connectivity index (χ3v) is 4.69. The number of anilines is 1. The maximum atomic E-state index is 12.5. The quantitative estimate of drug-likeness (QED) is 0.435. The monoisotopic (exact) mass is 421 g/mol. The Morgan fingerprint density at radius 3 is 2.50 bits per heavy atom. The fourth-order valence-electron chi connectivity index (χ4n) is 3.02. The Kier molecular flexibility index (Phi) is 7.62. The summed E-state index contributed by atoms with van der Waals surface area (Å²) in [6.45, 7) is 2.48.